The first-order valence-corrected chi connectivity index (χ1v) is 8.81. The minimum Gasteiger partial charge on any atom is -0.492 e. The van der Waals surface area contributed by atoms with Crippen LogP contribution in [0, 0.1) is 0 Å². The van der Waals surface area contributed by atoms with Crippen molar-refractivity contribution in [1.29, 1.82) is 0 Å². The molecule has 3 rings (SSSR count). The molecule has 0 radical (unpaired) electrons. The molecule has 0 saturated carbocycles. The lowest BCUT2D eigenvalue weighted by atomic mass is 10.1. The summed E-state index contributed by atoms with van der Waals surface area (Å²) in [5.74, 6) is -0.826. The van der Waals surface area contributed by atoms with Crippen LogP contribution >= 0.6 is 0 Å². The van der Waals surface area contributed by atoms with Crippen LogP contribution in [0.4, 0.5) is 5.69 Å². The van der Waals surface area contributed by atoms with Crippen molar-refractivity contribution < 1.29 is 23.5 Å². The SMILES string of the molecule is CCOC(=O)c1ccc(NC(=O)c2cc3ccccc3oc2=O)c(OCC)c1. The molecule has 7 heteroatoms. The minimum atomic E-state index is -0.739. The van der Waals surface area contributed by atoms with Gasteiger partial charge in [0.05, 0.1) is 24.5 Å². The highest BCUT2D eigenvalue weighted by atomic mass is 16.5. The monoisotopic (exact) mass is 381 g/mol. The van der Waals surface area contributed by atoms with Crippen molar-refractivity contribution in [3.63, 3.8) is 0 Å². The van der Waals surface area contributed by atoms with E-state index >= 15 is 0 Å². The Balaban J connectivity index is 1.92. The van der Waals surface area contributed by atoms with Crippen LogP contribution in [0.25, 0.3) is 11.0 Å². The average molecular weight is 381 g/mol. The number of hydrogen-bond donors (Lipinski definition) is 1. The van der Waals surface area contributed by atoms with E-state index in [1.165, 1.54) is 24.3 Å². The Bertz CT molecular complexity index is 1090. The Morgan fingerprint density at radius 3 is 2.57 bits per heavy atom. The molecule has 1 aromatic heterocycles. The van der Waals surface area contributed by atoms with Crippen LogP contribution in [-0.4, -0.2) is 25.1 Å². The largest absolute Gasteiger partial charge is 0.492 e. The van der Waals surface area contributed by atoms with E-state index in [0.717, 1.165) is 0 Å². The van der Waals surface area contributed by atoms with E-state index in [0.29, 0.717) is 34.6 Å². The van der Waals surface area contributed by atoms with Gasteiger partial charge in [0, 0.05) is 5.39 Å². The zero-order valence-electron chi connectivity index (χ0n) is 15.5. The second kappa shape index (κ2) is 8.39. The van der Waals surface area contributed by atoms with E-state index in [9.17, 15) is 14.4 Å². The number of fused-ring (bicyclic) bond motifs is 1. The van der Waals surface area contributed by atoms with E-state index in [4.69, 9.17) is 13.9 Å². The summed E-state index contributed by atoms with van der Waals surface area (Å²) in [6.45, 7) is 4.07. The second-order valence-corrected chi connectivity index (χ2v) is 5.80. The highest BCUT2D eigenvalue weighted by Crippen LogP contribution is 2.27. The molecule has 1 N–H and O–H groups in total. The van der Waals surface area contributed by atoms with Gasteiger partial charge < -0.3 is 19.2 Å². The van der Waals surface area contributed by atoms with Gasteiger partial charge in [-0.25, -0.2) is 9.59 Å². The Kier molecular flexibility index (Phi) is 5.74. The predicted octanol–water partition coefficient (Wildman–Crippen LogP) is 3.62. The lowest BCUT2D eigenvalue weighted by molar-refractivity contribution is 0.0526. The fourth-order valence-corrected chi connectivity index (χ4v) is 2.65. The molecule has 0 aliphatic carbocycles. The van der Waals surface area contributed by atoms with Crippen LogP contribution in [0.15, 0.2) is 57.7 Å². The maximum absolute atomic E-state index is 12.6. The van der Waals surface area contributed by atoms with Crippen LogP contribution in [0.2, 0.25) is 0 Å². The van der Waals surface area contributed by atoms with E-state index in [1.807, 2.05) is 0 Å². The highest BCUT2D eigenvalue weighted by Gasteiger charge is 2.17. The molecule has 1 heterocycles. The third-order valence-corrected chi connectivity index (χ3v) is 3.93. The Morgan fingerprint density at radius 1 is 1.04 bits per heavy atom. The molecule has 0 atom stereocenters. The van der Waals surface area contributed by atoms with Crippen LogP contribution in [0.5, 0.6) is 5.75 Å². The fourth-order valence-electron chi connectivity index (χ4n) is 2.65. The topological polar surface area (TPSA) is 94.8 Å². The summed E-state index contributed by atoms with van der Waals surface area (Å²) in [5.41, 5.74) is 0.159. The quantitative estimate of drug-likeness (QED) is 0.518. The molecule has 0 aliphatic heterocycles. The van der Waals surface area contributed by atoms with Gasteiger partial charge in [0.25, 0.3) is 5.91 Å². The molecule has 3 aromatic rings. The molecule has 2 aromatic carbocycles. The van der Waals surface area contributed by atoms with Crippen molar-refractivity contribution in [2.45, 2.75) is 13.8 Å². The van der Waals surface area contributed by atoms with E-state index < -0.39 is 17.5 Å². The van der Waals surface area contributed by atoms with Gasteiger partial charge in [-0.2, -0.15) is 0 Å². The first-order chi connectivity index (χ1) is 13.5. The molecule has 28 heavy (non-hydrogen) atoms. The van der Waals surface area contributed by atoms with Gasteiger partial charge in [0.2, 0.25) is 0 Å². The number of anilines is 1. The van der Waals surface area contributed by atoms with Crippen molar-refractivity contribution in [3.8, 4) is 5.75 Å². The van der Waals surface area contributed by atoms with Crippen molar-refractivity contribution in [2.24, 2.45) is 0 Å². The molecule has 144 valence electrons. The molecular weight excluding hydrogens is 362 g/mol. The number of carbonyl (C=O) groups excluding carboxylic acids is 2. The van der Waals surface area contributed by atoms with Crippen LogP contribution in [0.3, 0.4) is 0 Å². The van der Waals surface area contributed by atoms with Gasteiger partial charge in [-0.05, 0) is 44.2 Å². The second-order valence-electron chi connectivity index (χ2n) is 5.80. The maximum atomic E-state index is 12.6. The minimum absolute atomic E-state index is 0.129. The van der Waals surface area contributed by atoms with Crippen LogP contribution in [0.1, 0.15) is 34.6 Å². The van der Waals surface area contributed by atoms with Gasteiger partial charge >= 0.3 is 11.6 Å². The number of hydrogen-bond acceptors (Lipinski definition) is 6. The molecule has 0 unspecified atom stereocenters. The zero-order chi connectivity index (χ0) is 20.1. The smallest absolute Gasteiger partial charge is 0.349 e. The molecule has 0 aliphatic rings. The summed E-state index contributed by atoms with van der Waals surface area (Å²) >= 11 is 0. The molecule has 0 fully saturated rings. The fraction of sp³-hybridized carbons (Fsp3) is 0.190. The first-order valence-electron chi connectivity index (χ1n) is 8.81. The number of nitrogens with one attached hydrogen (secondary N) is 1. The maximum Gasteiger partial charge on any atom is 0.349 e. The summed E-state index contributed by atoms with van der Waals surface area (Å²) < 4.78 is 15.7. The van der Waals surface area contributed by atoms with Gasteiger partial charge in [-0.15, -0.1) is 0 Å². The van der Waals surface area contributed by atoms with E-state index in [-0.39, 0.29) is 12.2 Å². The number of carbonyl (C=O) groups is 2. The lowest BCUT2D eigenvalue weighted by Gasteiger charge is -2.13. The average Bonchev–Trinajstić information content (AvgIpc) is 2.69. The highest BCUT2D eigenvalue weighted by molar-refractivity contribution is 6.06. The molecule has 0 bridgehead atoms. The predicted molar refractivity (Wildman–Crippen MR) is 104 cm³/mol. The van der Waals surface area contributed by atoms with Gasteiger partial charge in [-0.1, -0.05) is 18.2 Å². The Labute approximate surface area is 160 Å². The Morgan fingerprint density at radius 2 is 1.82 bits per heavy atom. The number of amides is 1. The first kappa shape index (κ1) is 19.2. The standard InChI is InChI=1S/C21H19NO6/c1-3-26-18-12-14(20(24)27-4-2)9-10-16(18)22-19(23)15-11-13-7-5-6-8-17(13)28-21(15)25/h5-12H,3-4H2,1-2H3,(H,22,23). The van der Waals surface area contributed by atoms with Crippen molar-refractivity contribution >= 4 is 28.5 Å². The Hall–Kier alpha value is -3.61. The summed E-state index contributed by atoms with van der Waals surface area (Å²) in [6, 6.07) is 12.9. The van der Waals surface area contributed by atoms with Crippen molar-refractivity contribution in [3.05, 3.63) is 70.1 Å². The van der Waals surface area contributed by atoms with E-state index in [1.54, 1.807) is 38.1 Å². The van der Waals surface area contributed by atoms with Gasteiger partial charge in [0.1, 0.15) is 16.9 Å². The van der Waals surface area contributed by atoms with Gasteiger partial charge in [0.15, 0.2) is 0 Å². The van der Waals surface area contributed by atoms with Crippen LogP contribution in [-0.2, 0) is 4.74 Å². The molecule has 0 saturated heterocycles. The number of benzene rings is 2. The molecular formula is C21H19NO6. The summed E-state index contributed by atoms with van der Waals surface area (Å²) in [6.07, 6.45) is 0. The number of esters is 1. The summed E-state index contributed by atoms with van der Waals surface area (Å²) in [7, 11) is 0. The number of para-hydroxylation sites is 1. The third-order valence-electron chi connectivity index (χ3n) is 3.93. The van der Waals surface area contributed by atoms with E-state index in [2.05, 4.69) is 5.32 Å². The number of ether oxygens (including phenoxy) is 2. The van der Waals surface area contributed by atoms with Crippen molar-refractivity contribution in [1.82, 2.24) is 0 Å². The summed E-state index contributed by atoms with van der Waals surface area (Å²) in [5, 5.41) is 3.27. The van der Waals surface area contributed by atoms with Gasteiger partial charge in [-0.3, -0.25) is 4.79 Å². The number of rotatable bonds is 6. The molecule has 1 amide bonds. The third kappa shape index (κ3) is 4.03. The summed E-state index contributed by atoms with van der Waals surface area (Å²) in [4.78, 5) is 36.7. The van der Waals surface area contributed by atoms with Crippen LogP contribution < -0.4 is 15.7 Å². The van der Waals surface area contributed by atoms with Crippen molar-refractivity contribution in [2.75, 3.05) is 18.5 Å². The zero-order valence-corrected chi connectivity index (χ0v) is 15.5. The molecule has 7 nitrogen and oxygen atoms in total. The lowest BCUT2D eigenvalue weighted by Crippen LogP contribution is -2.21. The normalized spacial score (nSPS) is 10.5. The molecule has 0 spiro atoms.